The maximum absolute atomic E-state index is 12.9. The van der Waals surface area contributed by atoms with Gasteiger partial charge in [0, 0.05) is 0 Å². The highest BCUT2D eigenvalue weighted by molar-refractivity contribution is 6.02. The molecule has 0 rings (SSSR count). The zero-order chi connectivity index (χ0) is 18.4. The standard InChI is InChI=1S/C9H5F11O2/c1-3(21)2-4(22)5(10,11)6(12,13)7(14,15)8(16,17)9(18,19)20/h2H2,1H3. The summed E-state index contributed by atoms with van der Waals surface area (Å²) < 4.78 is 137. The van der Waals surface area contributed by atoms with E-state index >= 15 is 0 Å². The summed E-state index contributed by atoms with van der Waals surface area (Å²) in [5.41, 5.74) is 0. The van der Waals surface area contributed by atoms with Crippen LogP contribution in [0.4, 0.5) is 48.3 Å². The number of alkyl halides is 11. The summed E-state index contributed by atoms with van der Waals surface area (Å²) in [6.45, 7) is 0.397. The van der Waals surface area contributed by atoms with Gasteiger partial charge in [-0.3, -0.25) is 9.59 Å². The first-order valence-corrected chi connectivity index (χ1v) is 4.94. The van der Waals surface area contributed by atoms with Gasteiger partial charge in [0.05, 0.1) is 6.42 Å². The molecule has 0 N–H and O–H groups in total. The topological polar surface area (TPSA) is 34.1 Å². The second-order valence-electron chi connectivity index (χ2n) is 4.10. The van der Waals surface area contributed by atoms with E-state index in [4.69, 9.17) is 0 Å². The summed E-state index contributed by atoms with van der Waals surface area (Å²) in [4.78, 5) is 21.0. The van der Waals surface area contributed by atoms with Crippen molar-refractivity contribution in [2.24, 2.45) is 0 Å². The van der Waals surface area contributed by atoms with Gasteiger partial charge in [0.1, 0.15) is 5.78 Å². The minimum absolute atomic E-state index is 0.397. The highest BCUT2D eigenvalue weighted by Gasteiger charge is 2.88. The Bertz CT molecular complexity index is 463. The van der Waals surface area contributed by atoms with E-state index in [1.165, 1.54) is 0 Å². The molecule has 2 nitrogen and oxygen atoms in total. The lowest BCUT2D eigenvalue weighted by Crippen LogP contribution is -2.68. The van der Waals surface area contributed by atoms with Crippen LogP contribution in [0.25, 0.3) is 0 Å². The van der Waals surface area contributed by atoms with E-state index in [1.807, 2.05) is 0 Å². The molecule has 0 aliphatic heterocycles. The molecule has 0 aromatic rings. The van der Waals surface area contributed by atoms with Crippen LogP contribution >= 0.6 is 0 Å². The van der Waals surface area contributed by atoms with E-state index in [2.05, 4.69) is 0 Å². The third-order valence-corrected chi connectivity index (χ3v) is 2.30. The smallest absolute Gasteiger partial charge is 0.300 e. The normalized spacial score (nSPS) is 14.9. The number of Topliss-reactive ketones (excluding diaryl/α,β-unsaturated/α-hetero) is 2. The van der Waals surface area contributed by atoms with Gasteiger partial charge in [-0.25, -0.2) is 0 Å². The molecule has 13 heteroatoms. The number of hydrogen-bond donors (Lipinski definition) is 0. The fourth-order valence-corrected chi connectivity index (χ4v) is 1.08. The number of carbonyl (C=O) groups excluding carboxylic acids is 2. The molecule has 0 fully saturated rings. The van der Waals surface area contributed by atoms with Gasteiger partial charge in [-0.2, -0.15) is 48.3 Å². The van der Waals surface area contributed by atoms with Crippen LogP contribution in [0.2, 0.25) is 0 Å². The number of rotatable bonds is 6. The molecule has 0 unspecified atom stereocenters. The van der Waals surface area contributed by atoms with Crippen molar-refractivity contribution in [3.8, 4) is 0 Å². The van der Waals surface area contributed by atoms with Crippen LogP contribution in [-0.4, -0.2) is 41.4 Å². The maximum atomic E-state index is 12.9. The van der Waals surface area contributed by atoms with E-state index in [9.17, 15) is 57.9 Å². The van der Waals surface area contributed by atoms with Crippen LogP contribution in [0.15, 0.2) is 0 Å². The van der Waals surface area contributed by atoms with Gasteiger partial charge in [0.25, 0.3) is 0 Å². The highest BCUT2D eigenvalue weighted by Crippen LogP contribution is 2.57. The highest BCUT2D eigenvalue weighted by atomic mass is 19.4. The van der Waals surface area contributed by atoms with Crippen LogP contribution in [0.1, 0.15) is 13.3 Å². The first-order chi connectivity index (χ1) is 9.34. The lowest BCUT2D eigenvalue weighted by atomic mass is 9.94. The predicted molar refractivity (Wildman–Crippen MR) is 46.1 cm³/mol. The lowest BCUT2D eigenvalue weighted by Gasteiger charge is -2.36. The molecule has 22 heavy (non-hydrogen) atoms. The molecule has 0 bridgehead atoms. The van der Waals surface area contributed by atoms with Crippen molar-refractivity contribution in [1.82, 2.24) is 0 Å². The molecule has 0 radical (unpaired) electrons. The van der Waals surface area contributed by atoms with Gasteiger partial charge in [0.2, 0.25) is 5.78 Å². The molecule has 130 valence electrons. The van der Waals surface area contributed by atoms with E-state index in [-0.39, 0.29) is 0 Å². The number of hydrogen-bond acceptors (Lipinski definition) is 2. The Hall–Kier alpha value is -1.43. The molecule has 0 amide bonds. The SMILES string of the molecule is CC(=O)CC(=O)C(F)(F)C(F)(F)C(F)(F)C(F)(F)C(F)(F)F. The van der Waals surface area contributed by atoms with Gasteiger partial charge < -0.3 is 0 Å². The Kier molecular flexibility index (Phi) is 4.99. The van der Waals surface area contributed by atoms with Gasteiger partial charge >= 0.3 is 29.9 Å². The van der Waals surface area contributed by atoms with Crippen molar-refractivity contribution in [1.29, 1.82) is 0 Å². The second-order valence-corrected chi connectivity index (χ2v) is 4.10. The van der Waals surface area contributed by atoms with Gasteiger partial charge in [-0.05, 0) is 6.92 Å². The van der Waals surface area contributed by atoms with Gasteiger partial charge in [-0.1, -0.05) is 0 Å². The Morgan fingerprint density at radius 3 is 1.32 bits per heavy atom. The molecular weight excluding hydrogens is 349 g/mol. The third kappa shape index (κ3) is 2.89. The van der Waals surface area contributed by atoms with Crippen molar-refractivity contribution < 1.29 is 57.9 Å². The van der Waals surface area contributed by atoms with Crippen molar-refractivity contribution in [3.05, 3.63) is 0 Å². The first-order valence-electron chi connectivity index (χ1n) is 4.94. The molecule has 0 saturated heterocycles. The second kappa shape index (κ2) is 5.33. The summed E-state index contributed by atoms with van der Waals surface area (Å²) >= 11 is 0. The Morgan fingerprint density at radius 2 is 1.05 bits per heavy atom. The Balaban J connectivity index is 6.00. The molecule has 0 aromatic heterocycles. The van der Waals surface area contributed by atoms with Crippen molar-refractivity contribution in [2.45, 2.75) is 43.2 Å². The number of carbonyl (C=O) groups is 2. The monoisotopic (exact) mass is 354 g/mol. The summed E-state index contributed by atoms with van der Waals surface area (Å²) in [7, 11) is 0. The van der Waals surface area contributed by atoms with Crippen LogP contribution in [0.3, 0.4) is 0 Å². The molecule has 0 atom stereocenters. The summed E-state index contributed by atoms with van der Waals surface area (Å²) in [5, 5.41) is 0. The zero-order valence-electron chi connectivity index (χ0n) is 10.2. The van der Waals surface area contributed by atoms with E-state index in [0.29, 0.717) is 6.92 Å². The quantitative estimate of drug-likeness (QED) is 0.539. The van der Waals surface area contributed by atoms with Crippen LogP contribution in [0, 0.1) is 0 Å². The van der Waals surface area contributed by atoms with Crippen LogP contribution < -0.4 is 0 Å². The third-order valence-electron chi connectivity index (χ3n) is 2.30. The Morgan fingerprint density at radius 1 is 0.682 bits per heavy atom. The number of halogens is 11. The average Bonchev–Trinajstić information content (AvgIpc) is 2.25. The fourth-order valence-electron chi connectivity index (χ4n) is 1.08. The molecule has 0 aliphatic carbocycles. The van der Waals surface area contributed by atoms with E-state index in [0.717, 1.165) is 0 Å². The summed E-state index contributed by atoms with van der Waals surface area (Å²) in [6.07, 6.45) is -9.35. The molecule has 0 spiro atoms. The van der Waals surface area contributed by atoms with Crippen LogP contribution in [0.5, 0.6) is 0 Å². The minimum Gasteiger partial charge on any atom is -0.300 e. The molecule has 0 heterocycles. The molecule has 0 aromatic carbocycles. The Labute approximate surface area is 114 Å². The zero-order valence-corrected chi connectivity index (χ0v) is 10.2. The van der Waals surface area contributed by atoms with E-state index in [1.54, 1.807) is 0 Å². The van der Waals surface area contributed by atoms with Gasteiger partial charge in [0.15, 0.2) is 0 Å². The predicted octanol–water partition coefficient (Wildman–Crippen LogP) is 3.64. The van der Waals surface area contributed by atoms with Crippen LogP contribution in [-0.2, 0) is 9.59 Å². The van der Waals surface area contributed by atoms with Crippen molar-refractivity contribution in [2.75, 3.05) is 0 Å². The largest absolute Gasteiger partial charge is 0.460 e. The molecular formula is C9H5F11O2. The number of ketones is 2. The fraction of sp³-hybridized carbons (Fsp3) is 0.778. The molecule has 0 saturated carbocycles. The first kappa shape index (κ1) is 20.6. The maximum Gasteiger partial charge on any atom is 0.460 e. The van der Waals surface area contributed by atoms with Crippen molar-refractivity contribution >= 4 is 11.6 Å². The lowest BCUT2D eigenvalue weighted by molar-refractivity contribution is -0.416. The average molecular weight is 354 g/mol. The minimum atomic E-state index is -7.64. The van der Waals surface area contributed by atoms with E-state index < -0.39 is 47.9 Å². The summed E-state index contributed by atoms with van der Waals surface area (Å²) in [6, 6.07) is 0. The van der Waals surface area contributed by atoms with Gasteiger partial charge in [-0.15, -0.1) is 0 Å². The van der Waals surface area contributed by atoms with Crippen molar-refractivity contribution in [3.63, 3.8) is 0 Å². The summed E-state index contributed by atoms with van der Waals surface area (Å²) in [5.74, 6) is -34.0. The molecule has 0 aliphatic rings.